The molecule has 11 heteroatoms. The monoisotopic (exact) mass is 434 g/mol. The molecule has 31 heavy (non-hydrogen) atoms. The second-order valence-corrected chi connectivity index (χ2v) is 6.72. The predicted octanol–water partition coefficient (Wildman–Crippen LogP) is 3.21. The summed E-state index contributed by atoms with van der Waals surface area (Å²) in [7, 11) is 0. The molecule has 1 aliphatic rings. The van der Waals surface area contributed by atoms with Crippen molar-refractivity contribution >= 4 is 17.3 Å². The van der Waals surface area contributed by atoms with Crippen molar-refractivity contribution in [2.24, 2.45) is 0 Å². The van der Waals surface area contributed by atoms with Crippen LogP contribution in [0.2, 0.25) is 0 Å². The zero-order chi connectivity index (χ0) is 22.6. The average Bonchev–Trinajstić information content (AvgIpc) is 2.76. The standard InChI is InChI=1S/C20H17F3N4O4/c21-20(22,23)15-5-6-16(17(11-15)27(29)30)25-7-9-26(10-8-25)19(28)13-31-18-4-2-1-3-14(18)12-24/h1-6,11H,7-10,13H2. The first-order valence-corrected chi connectivity index (χ1v) is 9.21. The Morgan fingerprint density at radius 2 is 1.84 bits per heavy atom. The Hall–Kier alpha value is -3.81. The minimum absolute atomic E-state index is 0.0734. The number of halogens is 3. The van der Waals surface area contributed by atoms with Crippen LogP contribution in [0.25, 0.3) is 0 Å². The average molecular weight is 434 g/mol. The Morgan fingerprint density at radius 1 is 1.16 bits per heavy atom. The number of alkyl halides is 3. The van der Waals surface area contributed by atoms with E-state index in [4.69, 9.17) is 10.00 Å². The number of carbonyl (C=O) groups excluding carboxylic acids is 1. The Labute approximate surface area is 175 Å². The minimum atomic E-state index is -4.68. The number of anilines is 1. The molecule has 1 heterocycles. The number of piperazine rings is 1. The second kappa shape index (κ2) is 8.91. The maximum Gasteiger partial charge on any atom is 0.416 e. The van der Waals surface area contributed by atoms with Gasteiger partial charge in [0.25, 0.3) is 11.6 Å². The third kappa shape index (κ3) is 5.03. The van der Waals surface area contributed by atoms with Crippen molar-refractivity contribution in [3.63, 3.8) is 0 Å². The van der Waals surface area contributed by atoms with Crippen LogP contribution in [0.15, 0.2) is 42.5 Å². The van der Waals surface area contributed by atoms with Gasteiger partial charge in [-0.2, -0.15) is 18.4 Å². The highest BCUT2D eigenvalue weighted by Crippen LogP contribution is 2.36. The fraction of sp³-hybridized carbons (Fsp3) is 0.300. The van der Waals surface area contributed by atoms with Crippen molar-refractivity contribution in [3.8, 4) is 11.8 Å². The van der Waals surface area contributed by atoms with Gasteiger partial charge in [0.05, 0.1) is 16.1 Å². The van der Waals surface area contributed by atoms with Gasteiger partial charge >= 0.3 is 6.18 Å². The van der Waals surface area contributed by atoms with Crippen LogP contribution in [0.3, 0.4) is 0 Å². The summed E-state index contributed by atoms with van der Waals surface area (Å²) < 4.78 is 44.1. The van der Waals surface area contributed by atoms with Crippen LogP contribution < -0.4 is 9.64 Å². The molecule has 1 fully saturated rings. The van der Waals surface area contributed by atoms with E-state index in [2.05, 4.69) is 0 Å². The zero-order valence-electron chi connectivity index (χ0n) is 16.1. The zero-order valence-corrected chi connectivity index (χ0v) is 16.1. The van der Waals surface area contributed by atoms with Gasteiger partial charge in [0, 0.05) is 32.2 Å². The van der Waals surface area contributed by atoms with Gasteiger partial charge in [0.15, 0.2) is 6.61 Å². The lowest BCUT2D eigenvalue weighted by Gasteiger charge is -2.35. The number of hydrogen-bond donors (Lipinski definition) is 0. The Kier molecular flexibility index (Phi) is 6.29. The third-order valence-electron chi connectivity index (χ3n) is 4.83. The summed E-state index contributed by atoms with van der Waals surface area (Å²) >= 11 is 0. The van der Waals surface area contributed by atoms with Crippen molar-refractivity contribution in [2.75, 3.05) is 37.7 Å². The van der Waals surface area contributed by atoms with Gasteiger partial charge in [0.1, 0.15) is 17.5 Å². The van der Waals surface area contributed by atoms with Crippen LogP contribution >= 0.6 is 0 Å². The number of para-hydroxylation sites is 1. The second-order valence-electron chi connectivity index (χ2n) is 6.72. The topological polar surface area (TPSA) is 99.7 Å². The maximum atomic E-state index is 12.9. The van der Waals surface area contributed by atoms with Gasteiger partial charge in [0.2, 0.25) is 0 Å². The fourth-order valence-electron chi connectivity index (χ4n) is 3.23. The molecule has 1 aliphatic heterocycles. The van der Waals surface area contributed by atoms with Gasteiger partial charge < -0.3 is 14.5 Å². The van der Waals surface area contributed by atoms with Gasteiger partial charge in [-0.15, -0.1) is 0 Å². The van der Waals surface area contributed by atoms with Crippen molar-refractivity contribution < 1.29 is 27.6 Å². The number of nitriles is 1. The predicted molar refractivity (Wildman–Crippen MR) is 104 cm³/mol. The van der Waals surface area contributed by atoms with E-state index in [0.29, 0.717) is 11.6 Å². The lowest BCUT2D eigenvalue weighted by Crippen LogP contribution is -2.50. The molecule has 0 atom stereocenters. The maximum absolute atomic E-state index is 12.9. The molecule has 0 aromatic heterocycles. The first-order valence-electron chi connectivity index (χ1n) is 9.21. The van der Waals surface area contributed by atoms with E-state index in [0.717, 1.165) is 12.1 Å². The Bertz CT molecular complexity index is 1030. The number of rotatable bonds is 5. The highest BCUT2D eigenvalue weighted by Gasteiger charge is 2.34. The number of nitro groups is 1. The van der Waals surface area contributed by atoms with E-state index in [1.54, 1.807) is 29.2 Å². The molecule has 1 amide bonds. The molecule has 2 aromatic rings. The van der Waals surface area contributed by atoms with E-state index in [1.807, 2.05) is 6.07 Å². The summed E-state index contributed by atoms with van der Waals surface area (Å²) in [6.45, 7) is 0.596. The van der Waals surface area contributed by atoms with Gasteiger partial charge in [-0.05, 0) is 24.3 Å². The molecular weight excluding hydrogens is 417 g/mol. The van der Waals surface area contributed by atoms with Gasteiger partial charge in [-0.1, -0.05) is 12.1 Å². The van der Waals surface area contributed by atoms with Crippen LogP contribution in [0.5, 0.6) is 5.75 Å². The van der Waals surface area contributed by atoms with E-state index in [1.165, 1.54) is 4.90 Å². The van der Waals surface area contributed by atoms with Crippen LogP contribution in [0, 0.1) is 21.4 Å². The van der Waals surface area contributed by atoms with Crippen molar-refractivity contribution in [3.05, 3.63) is 63.7 Å². The first-order chi connectivity index (χ1) is 14.7. The van der Waals surface area contributed by atoms with Crippen molar-refractivity contribution in [2.45, 2.75) is 6.18 Å². The highest BCUT2D eigenvalue weighted by atomic mass is 19.4. The van der Waals surface area contributed by atoms with E-state index in [-0.39, 0.29) is 50.1 Å². The molecular formula is C20H17F3N4O4. The fourth-order valence-corrected chi connectivity index (χ4v) is 3.23. The summed E-state index contributed by atoms with van der Waals surface area (Å²) in [5.41, 5.74) is -1.35. The number of carbonyl (C=O) groups is 1. The summed E-state index contributed by atoms with van der Waals surface area (Å²) in [5, 5.41) is 20.3. The Morgan fingerprint density at radius 3 is 2.45 bits per heavy atom. The molecule has 8 nitrogen and oxygen atoms in total. The van der Waals surface area contributed by atoms with Crippen LogP contribution in [-0.2, 0) is 11.0 Å². The number of hydrogen-bond acceptors (Lipinski definition) is 6. The van der Waals surface area contributed by atoms with Gasteiger partial charge in [-0.25, -0.2) is 0 Å². The SMILES string of the molecule is N#Cc1ccccc1OCC(=O)N1CCN(c2ccc(C(F)(F)F)cc2[N+](=O)[O-])CC1. The third-order valence-corrected chi connectivity index (χ3v) is 4.83. The smallest absolute Gasteiger partial charge is 0.416 e. The van der Waals surface area contributed by atoms with Crippen molar-refractivity contribution in [1.82, 2.24) is 4.90 Å². The summed E-state index contributed by atoms with van der Waals surface area (Å²) in [5.74, 6) is -0.0355. The highest BCUT2D eigenvalue weighted by molar-refractivity contribution is 5.78. The quantitative estimate of drug-likeness (QED) is 0.529. The molecule has 0 aliphatic carbocycles. The van der Waals surface area contributed by atoms with Crippen LogP contribution in [-0.4, -0.2) is 48.5 Å². The number of nitro benzene ring substituents is 1. The molecule has 0 spiro atoms. The molecule has 0 saturated carbocycles. The number of nitrogens with zero attached hydrogens (tertiary/aromatic N) is 4. The minimum Gasteiger partial charge on any atom is -0.482 e. The largest absolute Gasteiger partial charge is 0.482 e. The first kappa shape index (κ1) is 21.9. The summed E-state index contributed by atoms with van der Waals surface area (Å²) in [6, 6.07) is 10.9. The lowest BCUT2D eigenvalue weighted by molar-refractivity contribution is -0.384. The Balaban J connectivity index is 1.63. The van der Waals surface area contributed by atoms with Crippen LogP contribution in [0.4, 0.5) is 24.5 Å². The molecule has 3 rings (SSSR count). The molecule has 0 unspecified atom stereocenters. The van der Waals surface area contributed by atoms with E-state index < -0.39 is 22.4 Å². The molecule has 2 aromatic carbocycles. The molecule has 0 radical (unpaired) electrons. The lowest BCUT2D eigenvalue weighted by atomic mass is 10.1. The molecule has 0 bridgehead atoms. The molecule has 0 N–H and O–H groups in total. The number of ether oxygens (including phenoxy) is 1. The number of amides is 1. The van der Waals surface area contributed by atoms with E-state index in [9.17, 15) is 28.1 Å². The summed E-state index contributed by atoms with van der Waals surface area (Å²) in [6.07, 6.45) is -4.68. The van der Waals surface area contributed by atoms with Gasteiger partial charge in [-0.3, -0.25) is 14.9 Å². The van der Waals surface area contributed by atoms with E-state index >= 15 is 0 Å². The van der Waals surface area contributed by atoms with Crippen LogP contribution in [0.1, 0.15) is 11.1 Å². The van der Waals surface area contributed by atoms with Crippen molar-refractivity contribution in [1.29, 1.82) is 5.26 Å². The number of benzene rings is 2. The molecule has 1 saturated heterocycles. The molecule has 162 valence electrons. The summed E-state index contributed by atoms with van der Waals surface area (Å²) in [4.78, 5) is 25.9. The normalized spacial score (nSPS) is 14.1.